The van der Waals surface area contributed by atoms with E-state index in [2.05, 4.69) is 40.7 Å². The molecule has 0 spiro atoms. The Labute approximate surface area is 160 Å². The van der Waals surface area contributed by atoms with E-state index in [0.717, 1.165) is 30.9 Å². The predicted octanol–water partition coefficient (Wildman–Crippen LogP) is 4.89. The molecule has 0 aliphatic carbocycles. The smallest absolute Gasteiger partial charge is 0.135 e. The Morgan fingerprint density at radius 1 is 1.27 bits per heavy atom. The number of likely N-dealkylation sites (tertiary alicyclic amines) is 1. The Morgan fingerprint density at radius 2 is 1.96 bits per heavy atom. The molecule has 1 aliphatic rings. The minimum absolute atomic E-state index is 0.378. The lowest BCUT2D eigenvalue weighted by atomic mass is 9.84. The average molecular weight is 369 g/mol. The van der Waals surface area contributed by atoms with Gasteiger partial charge in [-0.25, -0.2) is 4.98 Å². The van der Waals surface area contributed by atoms with Crippen LogP contribution in [0.5, 0.6) is 0 Å². The lowest BCUT2D eigenvalue weighted by Gasteiger charge is -2.39. The molecule has 2 heterocycles. The Bertz CT molecular complexity index is 793. The number of rotatable bonds is 5. The summed E-state index contributed by atoms with van der Waals surface area (Å²) in [4.78, 5) is 6.84. The molecule has 0 atom stereocenters. The molecule has 1 N–H and O–H groups in total. The lowest BCUT2D eigenvalue weighted by Crippen LogP contribution is -2.42. The maximum atomic E-state index is 11.2. The number of aromatic nitrogens is 1. The van der Waals surface area contributed by atoms with Crippen molar-refractivity contribution in [1.82, 2.24) is 9.88 Å². The van der Waals surface area contributed by atoms with Crippen LogP contribution in [0.25, 0.3) is 12.2 Å². The third-order valence-corrected chi connectivity index (χ3v) is 5.30. The third-order valence-electron chi connectivity index (χ3n) is 5.01. The Morgan fingerprint density at radius 3 is 2.58 bits per heavy atom. The molecule has 3 rings (SSSR count). The third kappa shape index (κ3) is 4.07. The van der Waals surface area contributed by atoms with Crippen molar-refractivity contribution in [2.24, 2.45) is 0 Å². The van der Waals surface area contributed by atoms with Gasteiger partial charge in [-0.15, -0.1) is 0 Å². The Kier molecular flexibility index (Phi) is 5.92. The van der Waals surface area contributed by atoms with Crippen molar-refractivity contribution >= 4 is 23.8 Å². The summed E-state index contributed by atoms with van der Waals surface area (Å²) >= 11 is 6.43. The van der Waals surface area contributed by atoms with Crippen LogP contribution < -0.4 is 0 Å². The highest BCUT2D eigenvalue weighted by Crippen LogP contribution is 2.37. The first-order valence-corrected chi connectivity index (χ1v) is 9.38. The monoisotopic (exact) mass is 368 g/mol. The molecule has 26 heavy (non-hydrogen) atoms. The first-order valence-electron chi connectivity index (χ1n) is 9.00. The fraction of sp³-hybridized carbons (Fsp3) is 0.318. The number of piperidine rings is 1. The first kappa shape index (κ1) is 18.8. The maximum Gasteiger partial charge on any atom is 0.135 e. The van der Waals surface area contributed by atoms with Crippen molar-refractivity contribution in [3.63, 3.8) is 0 Å². The van der Waals surface area contributed by atoms with Gasteiger partial charge in [-0.05, 0) is 37.5 Å². The lowest BCUT2D eigenvalue weighted by molar-refractivity contribution is -0.0279. The van der Waals surface area contributed by atoms with Gasteiger partial charge in [0.15, 0.2) is 0 Å². The van der Waals surface area contributed by atoms with Crippen LogP contribution in [0.2, 0.25) is 5.15 Å². The molecule has 0 radical (unpaired) electrons. The average Bonchev–Trinajstić information content (AvgIpc) is 2.65. The summed E-state index contributed by atoms with van der Waals surface area (Å²) in [6.07, 6.45) is 6.86. The minimum Gasteiger partial charge on any atom is -0.385 e. The number of benzene rings is 1. The number of pyridine rings is 1. The van der Waals surface area contributed by atoms with Crippen molar-refractivity contribution in [2.45, 2.75) is 31.9 Å². The van der Waals surface area contributed by atoms with Gasteiger partial charge >= 0.3 is 0 Å². The van der Waals surface area contributed by atoms with Gasteiger partial charge in [-0.1, -0.05) is 60.7 Å². The number of nitrogens with zero attached hydrogens (tertiary/aromatic N) is 2. The van der Waals surface area contributed by atoms with Crippen LogP contribution in [-0.4, -0.2) is 28.1 Å². The molecule has 1 aromatic carbocycles. The number of hydrogen-bond donors (Lipinski definition) is 1. The highest BCUT2D eigenvalue weighted by molar-refractivity contribution is 6.30. The summed E-state index contributed by atoms with van der Waals surface area (Å²) in [5, 5.41) is 11.6. The summed E-state index contributed by atoms with van der Waals surface area (Å²) in [7, 11) is 0. The van der Waals surface area contributed by atoms with Gasteiger partial charge in [0.1, 0.15) is 5.15 Å². The molecule has 1 aromatic heterocycles. The quantitative estimate of drug-likeness (QED) is 0.763. The molecule has 136 valence electrons. The van der Waals surface area contributed by atoms with Crippen LogP contribution in [0, 0.1) is 0 Å². The SMILES string of the molecule is C=Cc1cc(C2(O)CCN(Cc3ccccc3)CC2)c(Cl)nc1/C=C\C. The Hall–Kier alpha value is -1.94. The highest BCUT2D eigenvalue weighted by atomic mass is 35.5. The van der Waals surface area contributed by atoms with Crippen LogP contribution in [-0.2, 0) is 12.1 Å². The van der Waals surface area contributed by atoms with E-state index in [1.165, 1.54) is 5.56 Å². The molecule has 1 aliphatic heterocycles. The summed E-state index contributed by atoms with van der Waals surface area (Å²) in [5.41, 5.74) is 2.73. The molecule has 0 bridgehead atoms. The highest BCUT2D eigenvalue weighted by Gasteiger charge is 2.36. The first-order chi connectivity index (χ1) is 12.6. The molecule has 1 fully saturated rings. The van der Waals surface area contributed by atoms with Crippen molar-refractivity contribution in [1.29, 1.82) is 0 Å². The van der Waals surface area contributed by atoms with Crippen molar-refractivity contribution in [2.75, 3.05) is 13.1 Å². The van der Waals surface area contributed by atoms with Gasteiger partial charge in [0.25, 0.3) is 0 Å². The van der Waals surface area contributed by atoms with Gasteiger partial charge in [-0.2, -0.15) is 0 Å². The normalized spacial score (nSPS) is 17.5. The van der Waals surface area contributed by atoms with Gasteiger partial charge in [-0.3, -0.25) is 4.90 Å². The predicted molar refractivity (Wildman–Crippen MR) is 109 cm³/mol. The van der Waals surface area contributed by atoms with Crippen LogP contribution >= 0.6 is 11.6 Å². The van der Waals surface area contributed by atoms with E-state index in [1.807, 2.05) is 31.2 Å². The van der Waals surface area contributed by atoms with E-state index >= 15 is 0 Å². The molecule has 4 heteroatoms. The number of hydrogen-bond acceptors (Lipinski definition) is 3. The maximum absolute atomic E-state index is 11.2. The number of allylic oxidation sites excluding steroid dienone is 1. The van der Waals surface area contributed by atoms with Gasteiger partial charge in [0, 0.05) is 30.8 Å². The largest absolute Gasteiger partial charge is 0.385 e. The van der Waals surface area contributed by atoms with E-state index in [1.54, 1.807) is 6.08 Å². The second-order valence-corrected chi connectivity index (χ2v) is 7.16. The second kappa shape index (κ2) is 8.17. The van der Waals surface area contributed by atoms with E-state index in [4.69, 9.17) is 11.6 Å². The summed E-state index contributed by atoms with van der Waals surface area (Å²) in [5.74, 6) is 0. The molecule has 0 amide bonds. The summed E-state index contributed by atoms with van der Waals surface area (Å²) < 4.78 is 0. The summed E-state index contributed by atoms with van der Waals surface area (Å²) in [6.45, 7) is 8.35. The topological polar surface area (TPSA) is 36.4 Å². The molecule has 3 nitrogen and oxygen atoms in total. The molecule has 0 saturated carbocycles. The van der Waals surface area contributed by atoms with Crippen LogP contribution in [0.1, 0.15) is 42.1 Å². The zero-order chi connectivity index (χ0) is 18.6. The van der Waals surface area contributed by atoms with Crippen LogP contribution in [0.4, 0.5) is 0 Å². The molecule has 0 unspecified atom stereocenters. The zero-order valence-corrected chi connectivity index (χ0v) is 15.9. The molecular formula is C22H25ClN2O. The summed E-state index contributed by atoms with van der Waals surface area (Å²) in [6, 6.07) is 12.4. The van der Waals surface area contributed by atoms with Crippen molar-refractivity contribution in [3.05, 3.63) is 76.6 Å². The van der Waals surface area contributed by atoms with Gasteiger partial charge in [0.05, 0.1) is 11.3 Å². The van der Waals surface area contributed by atoms with Gasteiger partial charge < -0.3 is 5.11 Å². The number of aliphatic hydroxyl groups is 1. The van der Waals surface area contributed by atoms with Crippen LogP contribution in [0.3, 0.4) is 0 Å². The standard InChI is InChI=1S/C22H25ClN2O/c1-3-8-20-18(4-2)15-19(21(23)24-20)22(26)11-13-25(14-12-22)16-17-9-6-5-7-10-17/h3-10,15,26H,2,11-14,16H2,1H3/b8-3-. The van der Waals surface area contributed by atoms with Crippen LogP contribution in [0.15, 0.2) is 49.1 Å². The zero-order valence-electron chi connectivity index (χ0n) is 15.2. The minimum atomic E-state index is -0.941. The van der Waals surface area contributed by atoms with Crippen molar-refractivity contribution in [3.8, 4) is 0 Å². The molecule has 2 aromatic rings. The Balaban J connectivity index is 1.77. The second-order valence-electron chi connectivity index (χ2n) is 6.80. The van der Waals surface area contributed by atoms with Crippen molar-refractivity contribution < 1.29 is 5.11 Å². The van der Waals surface area contributed by atoms with E-state index in [9.17, 15) is 5.11 Å². The fourth-order valence-electron chi connectivity index (χ4n) is 3.49. The van der Waals surface area contributed by atoms with E-state index < -0.39 is 5.60 Å². The molecular weight excluding hydrogens is 344 g/mol. The van der Waals surface area contributed by atoms with E-state index in [0.29, 0.717) is 23.6 Å². The van der Waals surface area contributed by atoms with Gasteiger partial charge in [0.2, 0.25) is 0 Å². The number of halogens is 1. The van der Waals surface area contributed by atoms with E-state index in [-0.39, 0.29) is 0 Å². The fourth-order valence-corrected chi connectivity index (χ4v) is 3.81. The molecule has 1 saturated heterocycles.